The molecule has 0 radical (unpaired) electrons. The molecule has 0 aliphatic carbocycles. The van der Waals surface area contributed by atoms with Crippen molar-refractivity contribution in [1.29, 1.82) is 0 Å². The van der Waals surface area contributed by atoms with Gasteiger partial charge in [-0.15, -0.1) is 0 Å². The Labute approximate surface area is 221 Å². The van der Waals surface area contributed by atoms with Crippen molar-refractivity contribution >= 4 is 35.1 Å². The van der Waals surface area contributed by atoms with E-state index < -0.39 is 23.8 Å². The molecule has 0 aliphatic heterocycles. The van der Waals surface area contributed by atoms with E-state index >= 15 is 0 Å². The van der Waals surface area contributed by atoms with Crippen LogP contribution in [0.15, 0.2) is 66.7 Å². The third-order valence-electron chi connectivity index (χ3n) is 5.43. The Morgan fingerprint density at radius 2 is 1.03 bits per heavy atom. The van der Waals surface area contributed by atoms with Crippen LogP contribution in [0, 0.1) is 0 Å². The van der Waals surface area contributed by atoms with E-state index in [9.17, 15) is 19.2 Å². The third kappa shape index (κ3) is 8.26. The maximum Gasteiger partial charge on any atom is 0.338 e. The molecule has 2 amide bonds. The smallest absolute Gasteiger partial charge is 0.338 e. The fraction of sp³-hybridized carbons (Fsp3) is 0.276. The van der Waals surface area contributed by atoms with Crippen LogP contribution in [0.2, 0.25) is 0 Å². The Morgan fingerprint density at radius 1 is 0.632 bits per heavy atom. The molecule has 1 heterocycles. The van der Waals surface area contributed by atoms with Gasteiger partial charge < -0.3 is 20.1 Å². The van der Waals surface area contributed by atoms with Crippen molar-refractivity contribution in [2.75, 3.05) is 23.8 Å². The van der Waals surface area contributed by atoms with Crippen LogP contribution in [-0.2, 0) is 9.47 Å². The fourth-order valence-electron chi connectivity index (χ4n) is 3.24. The molecule has 0 fully saturated rings. The summed E-state index contributed by atoms with van der Waals surface area (Å²) in [6.45, 7) is 4.75. The highest BCUT2D eigenvalue weighted by Gasteiger charge is 2.14. The van der Waals surface area contributed by atoms with Crippen molar-refractivity contribution in [2.24, 2.45) is 0 Å². The summed E-state index contributed by atoms with van der Waals surface area (Å²) in [6.07, 6.45) is 3.46. The van der Waals surface area contributed by atoms with E-state index in [2.05, 4.69) is 15.6 Å². The highest BCUT2D eigenvalue weighted by molar-refractivity contribution is 6.06. The standard InChI is InChI=1S/C29H31N3O6/c1-3-5-18-37-28(35)20-10-14-22(15-11-20)30-26(33)24-8-7-9-25(32-24)27(34)31-23-16-12-21(13-17-23)29(36)38-19-6-4-2/h7-17H,3-6,18-19H2,1-2H3,(H,30,33)(H,31,34). The quantitative estimate of drug-likeness (QED) is 0.240. The molecule has 1 aromatic heterocycles. The zero-order chi connectivity index (χ0) is 27.3. The van der Waals surface area contributed by atoms with Gasteiger partial charge in [0.25, 0.3) is 11.8 Å². The van der Waals surface area contributed by atoms with Crippen LogP contribution in [0.4, 0.5) is 11.4 Å². The normalized spacial score (nSPS) is 10.4. The predicted molar refractivity (Wildman–Crippen MR) is 143 cm³/mol. The second kappa shape index (κ2) is 14.3. The Balaban J connectivity index is 1.57. The number of anilines is 2. The van der Waals surface area contributed by atoms with E-state index in [0.717, 1.165) is 25.7 Å². The largest absolute Gasteiger partial charge is 0.462 e. The average Bonchev–Trinajstić information content (AvgIpc) is 2.94. The first-order chi connectivity index (χ1) is 18.4. The summed E-state index contributed by atoms with van der Waals surface area (Å²) in [6, 6.07) is 17.2. The van der Waals surface area contributed by atoms with Gasteiger partial charge in [0.15, 0.2) is 0 Å². The number of carbonyl (C=O) groups excluding carboxylic acids is 4. The van der Waals surface area contributed by atoms with Gasteiger partial charge in [0.2, 0.25) is 0 Å². The summed E-state index contributed by atoms with van der Waals surface area (Å²) in [7, 11) is 0. The molecule has 0 saturated carbocycles. The van der Waals surface area contributed by atoms with E-state index in [1.54, 1.807) is 54.6 Å². The van der Waals surface area contributed by atoms with Crippen LogP contribution < -0.4 is 10.6 Å². The first-order valence-electron chi connectivity index (χ1n) is 12.6. The molecule has 0 unspecified atom stereocenters. The van der Waals surface area contributed by atoms with E-state index in [1.165, 1.54) is 12.1 Å². The number of nitrogens with one attached hydrogen (secondary N) is 2. The number of unbranched alkanes of at least 4 members (excludes halogenated alkanes) is 2. The number of ether oxygens (including phenoxy) is 2. The lowest BCUT2D eigenvalue weighted by atomic mass is 10.2. The maximum absolute atomic E-state index is 12.7. The number of amides is 2. The second-order valence-electron chi connectivity index (χ2n) is 8.45. The molecule has 38 heavy (non-hydrogen) atoms. The molecule has 3 aromatic rings. The van der Waals surface area contributed by atoms with E-state index in [4.69, 9.17) is 9.47 Å². The minimum atomic E-state index is -0.510. The van der Waals surface area contributed by atoms with Gasteiger partial charge in [-0.25, -0.2) is 14.6 Å². The molecule has 198 valence electrons. The molecule has 9 nitrogen and oxygen atoms in total. The summed E-state index contributed by atoms with van der Waals surface area (Å²) in [5.74, 6) is -1.86. The molecular formula is C29H31N3O6. The summed E-state index contributed by atoms with van der Waals surface area (Å²) in [4.78, 5) is 53.6. The number of hydrogen-bond acceptors (Lipinski definition) is 7. The first-order valence-corrected chi connectivity index (χ1v) is 12.6. The number of esters is 2. The number of rotatable bonds is 12. The van der Waals surface area contributed by atoms with Gasteiger partial charge in [0.05, 0.1) is 24.3 Å². The summed E-state index contributed by atoms with van der Waals surface area (Å²) < 4.78 is 10.4. The van der Waals surface area contributed by atoms with Gasteiger partial charge in [-0.3, -0.25) is 9.59 Å². The van der Waals surface area contributed by atoms with Crippen molar-refractivity contribution in [2.45, 2.75) is 39.5 Å². The zero-order valence-corrected chi connectivity index (χ0v) is 21.5. The Hall–Kier alpha value is -4.53. The molecule has 2 aromatic carbocycles. The summed E-state index contributed by atoms with van der Waals surface area (Å²) in [5, 5.41) is 5.40. The zero-order valence-electron chi connectivity index (χ0n) is 21.5. The van der Waals surface area contributed by atoms with Crippen LogP contribution in [0.25, 0.3) is 0 Å². The number of carbonyl (C=O) groups is 4. The van der Waals surface area contributed by atoms with Crippen LogP contribution in [0.3, 0.4) is 0 Å². The number of nitrogens with zero attached hydrogens (tertiary/aromatic N) is 1. The van der Waals surface area contributed by atoms with Crippen molar-refractivity contribution in [3.63, 3.8) is 0 Å². The molecular weight excluding hydrogens is 486 g/mol. The van der Waals surface area contributed by atoms with Crippen LogP contribution in [0.5, 0.6) is 0 Å². The molecule has 3 rings (SSSR count). The van der Waals surface area contributed by atoms with Crippen LogP contribution >= 0.6 is 0 Å². The van der Waals surface area contributed by atoms with Gasteiger partial charge in [-0.2, -0.15) is 0 Å². The molecule has 9 heteroatoms. The average molecular weight is 518 g/mol. The van der Waals surface area contributed by atoms with Crippen LogP contribution in [-0.4, -0.2) is 42.0 Å². The Bertz CT molecular complexity index is 1160. The van der Waals surface area contributed by atoms with Gasteiger partial charge >= 0.3 is 11.9 Å². The lowest BCUT2D eigenvalue weighted by Gasteiger charge is -2.09. The van der Waals surface area contributed by atoms with Crippen molar-refractivity contribution in [1.82, 2.24) is 4.98 Å². The molecule has 0 aliphatic rings. The van der Waals surface area contributed by atoms with Gasteiger partial charge in [0.1, 0.15) is 11.4 Å². The SMILES string of the molecule is CCCCOC(=O)c1ccc(NC(=O)c2cccc(C(=O)Nc3ccc(C(=O)OCCCC)cc3)n2)cc1. The first kappa shape index (κ1) is 28.0. The molecule has 0 atom stereocenters. The number of aromatic nitrogens is 1. The fourth-order valence-corrected chi connectivity index (χ4v) is 3.24. The highest BCUT2D eigenvalue weighted by Crippen LogP contribution is 2.14. The highest BCUT2D eigenvalue weighted by atomic mass is 16.5. The van der Waals surface area contributed by atoms with E-state index in [-0.39, 0.29) is 11.4 Å². The van der Waals surface area contributed by atoms with Crippen molar-refractivity contribution in [3.8, 4) is 0 Å². The van der Waals surface area contributed by atoms with Gasteiger partial charge in [-0.05, 0) is 73.5 Å². The third-order valence-corrected chi connectivity index (χ3v) is 5.43. The number of hydrogen-bond donors (Lipinski definition) is 2. The molecule has 2 N–H and O–H groups in total. The lowest BCUT2D eigenvalue weighted by molar-refractivity contribution is 0.0490. The Morgan fingerprint density at radius 3 is 1.39 bits per heavy atom. The molecule has 0 spiro atoms. The summed E-state index contributed by atoms with van der Waals surface area (Å²) >= 11 is 0. The minimum Gasteiger partial charge on any atom is -0.462 e. The van der Waals surface area contributed by atoms with Crippen molar-refractivity contribution in [3.05, 3.63) is 89.2 Å². The molecule has 0 saturated heterocycles. The topological polar surface area (TPSA) is 124 Å². The second-order valence-corrected chi connectivity index (χ2v) is 8.45. The minimum absolute atomic E-state index is 0.0471. The van der Waals surface area contributed by atoms with Gasteiger partial charge in [-0.1, -0.05) is 32.8 Å². The van der Waals surface area contributed by atoms with Crippen molar-refractivity contribution < 1.29 is 28.7 Å². The van der Waals surface area contributed by atoms with Gasteiger partial charge in [0, 0.05) is 11.4 Å². The number of pyridine rings is 1. The summed E-state index contributed by atoms with van der Waals surface area (Å²) in [5.41, 5.74) is 1.79. The molecule has 0 bridgehead atoms. The maximum atomic E-state index is 12.7. The monoisotopic (exact) mass is 517 g/mol. The predicted octanol–water partition coefficient (Wildman–Crippen LogP) is 5.50. The van der Waals surface area contributed by atoms with Crippen LogP contribution in [0.1, 0.15) is 81.2 Å². The van der Waals surface area contributed by atoms with E-state index in [1.807, 2.05) is 13.8 Å². The van der Waals surface area contributed by atoms with E-state index in [0.29, 0.717) is 35.7 Å². The number of benzene rings is 2. The Kier molecular flexibility index (Phi) is 10.5. The lowest BCUT2D eigenvalue weighted by Crippen LogP contribution is -2.18.